The molecule has 0 bridgehead atoms. The third-order valence-electron chi connectivity index (χ3n) is 4.30. The monoisotopic (exact) mass is 383 g/mol. The van der Waals surface area contributed by atoms with Gasteiger partial charge in [-0.1, -0.05) is 30.7 Å². The molecule has 4 N–H and O–H groups in total. The molecule has 0 saturated heterocycles. The van der Waals surface area contributed by atoms with Gasteiger partial charge in [0, 0.05) is 31.3 Å². The molecule has 2 rings (SSSR count). The van der Waals surface area contributed by atoms with Crippen LogP contribution in [0.3, 0.4) is 0 Å². The summed E-state index contributed by atoms with van der Waals surface area (Å²) in [6.07, 6.45) is 4.42. The summed E-state index contributed by atoms with van der Waals surface area (Å²) in [6, 6.07) is 13.5. The first kappa shape index (κ1) is 21.2. The van der Waals surface area contributed by atoms with Crippen LogP contribution in [0.15, 0.2) is 48.5 Å². The van der Waals surface area contributed by atoms with Crippen LogP contribution >= 0.6 is 0 Å². The van der Waals surface area contributed by atoms with Crippen molar-refractivity contribution in [2.24, 2.45) is 5.73 Å². The standard InChI is InChI=1S/C22H26FN3O2/c1-25-19-12-6-16(7-13-19)15-20(17-8-10-18(23)11-9-17)22(28)26-14-4-2-3-5-21(24)27/h6-13,15,25H,2-5,14H2,1H3,(H2,24,27)(H,26,28)/b20-15-. The summed E-state index contributed by atoms with van der Waals surface area (Å²) in [4.78, 5) is 23.5. The number of nitrogens with one attached hydrogen (secondary N) is 2. The van der Waals surface area contributed by atoms with Gasteiger partial charge < -0.3 is 16.4 Å². The molecule has 5 nitrogen and oxygen atoms in total. The quantitative estimate of drug-likeness (QED) is 0.333. The summed E-state index contributed by atoms with van der Waals surface area (Å²) in [5, 5.41) is 5.95. The summed E-state index contributed by atoms with van der Waals surface area (Å²) in [7, 11) is 1.84. The van der Waals surface area contributed by atoms with Gasteiger partial charge in [-0.3, -0.25) is 9.59 Å². The van der Waals surface area contributed by atoms with Gasteiger partial charge in [0.1, 0.15) is 5.82 Å². The predicted molar refractivity (Wildman–Crippen MR) is 111 cm³/mol. The number of nitrogens with two attached hydrogens (primary N) is 1. The van der Waals surface area contributed by atoms with E-state index in [1.807, 2.05) is 31.3 Å². The average Bonchev–Trinajstić information content (AvgIpc) is 2.69. The first-order valence-corrected chi connectivity index (χ1v) is 9.31. The number of hydrogen-bond acceptors (Lipinski definition) is 3. The highest BCUT2D eigenvalue weighted by Crippen LogP contribution is 2.20. The molecule has 28 heavy (non-hydrogen) atoms. The highest BCUT2D eigenvalue weighted by atomic mass is 19.1. The Balaban J connectivity index is 2.09. The second-order valence-corrected chi connectivity index (χ2v) is 6.47. The molecule has 0 radical (unpaired) electrons. The molecule has 0 heterocycles. The lowest BCUT2D eigenvalue weighted by Gasteiger charge is -2.10. The van der Waals surface area contributed by atoms with Crippen molar-refractivity contribution in [3.8, 4) is 0 Å². The number of hydrogen-bond donors (Lipinski definition) is 3. The molecule has 0 saturated carbocycles. The first-order chi connectivity index (χ1) is 13.5. The average molecular weight is 383 g/mol. The van der Waals surface area contributed by atoms with E-state index in [0.717, 1.165) is 24.1 Å². The maximum Gasteiger partial charge on any atom is 0.251 e. The van der Waals surface area contributed by atoms with Crippen LogP contribution in [0.1, 0.15) is 36.8 Å². The molecular formula is C22H26FN3O2. The van der Waals surface area contributed by atoms with Gasteiger partial charge in [0.15, 0.2) is 0 Å². The minimum Gasteiger partial charge on any atom is -0.388 e. The minimum absolute atomic E-state index is 0.223. The van der Waals surface area contributed by atoms with Crippen molar-refractivity contribution in [2.75, 3.05) is 18.9 Å². The van der Waals surface area contributed by atoms with Crippen LogP contribution in [0.25, 0.3) is 11.6 Å². The third kappa shape index (κ3) is 6.87. The summed E-state index contributed by atoms with van der Waals surface area (Å²) in [6.45, 7) is 0.495. The van der Waals surface area contributed by atoms with E-state index >= 15 is 0 Å². The van der Waals surface area contributed by atoms with E-state index in [-0.39, 0.29) is 17.6 Å². The Bertz CT molecular complexity index is 815. The lowest BCUT2D eigenvalue weighted by Crippen LogP contribution is -2.25. The van der Waals surface area contributed by atoms with E-state index in [0.29, 0.717) is 30.5 Å². The Labute approximate surface area is 164 Å². The summed E-state index contributed by atoms with van der Waals surface area (Å²) >= 11 is 0. The molecule has 0 aliphatic carbocycles. The fourth-order valence-corrected chi connectivity index (χ4v) is 2.72. The molecule has 0 spiro atoms. The van der Waals surface area contributed by atoms with Crippen molar-refractivity contribution in [2.45, 2.75) is 25.7 Å². The molecule has 0 atom stereocenters. The third-order valence-corrected chi connectivity index (χ3v) is 4.30. The molecular weight excluding hydrogens is 357 g/mol. The van der Waals surface area contributed by atoms with Crippen LogP contribution in [0, 0.1) is 5.82 Å². The van der Waals surface area contributed by atoms with Crippen LogP contribution in [0.5, 0.6) is 0 Å². The molecule has 0 aliphatic heterocycles. The number of carbonyl (C=O) groups excluding carboxylic acids is 2. The van der Waals surface area contributed by atoms with Crippen molar-refractivity contribution >= 4 is 29.2 Å². The van der Waals surface area contributed by atoms with Gasteiger partial charge in [0.25, 0.3) is 5.91 Å². The van der Waals surface area contributed by atoms with E-state index in [2.05, 4.69) is 10.6 Å². The Morgan fingerprint density at radius 2 is 1.68 bits per heavy atom. The van der Waals surface area contributed by atoms with Gasteiger partial charge in [-0.15, -0.1) is 0 Å². The molecule has 2 amide bonds. The first-order valence-electron chi connectivity index (χ1n) is 9.31. The number of primary amides is 1. The van der Waals surface area contributed by atoms with Gasteiger partial charge in [0.2, 0.25) is 5.91 Å². The van der Waals surface area contributed by atoms with Gasteiger partial charge >= 0.3 is 0 Å². The van der Waals surface area contributed by atoms with Crippen LogP contribution < -0.4 is 16.4 Å². The maximum absolute atomic E-state index is 13.3. The fraction of sp³-hybridized carbons (Fsp3) is 0.273. The van der Waals surface area contributed by atoms with Crippen LogP contribution in [0.2, 0.25) is 0 Å². The Morgan fingerprint density at radius 1 is 1.00 bits per heavy atom. The Hall–Kier alpha value is -3.15. The number of amides is 2. The van der Waals surface area contributed by atoms with E-state index in [4.69, 9.17) is 5.73 Å². The number of rotatable bonds is 10. The van der Waals surface area contributed by atoms with Gasteiger partial charge in [-0.05, 0) is 54.3 Å². The van der Waals surface area contributed by atoms with E-state index in [1.165, 1.54) is 12.1 Å². The summed E-state index contributed by atoms with van der Waals surface area (Å²) in [5.74, 6) is -0.884. The van der Waals surface area contributed by atoms with Gasteiger partial charge in [-0.2, -0.15) is 0 Å². The van der Waals surface area contributed by atoms with Crippen LogP contribution in [-0.4, -0.2) is 25.4 Å². The van der Waals surface area contributed by atoms with Crippen molar-refractivity contribution in [3.05, 3.63) is 65.5 Å². The van der Waals surface area contributed by atoms with E-state index < -0.39 is 0 Å². The molecule has 0 unspecified atom stereocenters. The summed E-state index contributed by atoms with van der Waals surface area (Å²) < 4.78 is 13.3. The van der Waals surface area contributed by atoms with Gasteiger partial charge in [-0.25, -0.2) is 4.39 Å². The van der Waals surface area contributed by atoms with Gasteiger partial charge in [0.05, 0.1) is 0 Å². The lowest BCUT2D eigenvalue weighted by atomic mass is 10.0. The second-order valence-electron chi connectivity index (χ2n) is 6.47. The lowest BCUT2D eigenvalue weighted by molar-refractivity contribution is -0.118. The maximum atomic E-state index is 13.3. The van der Waals surface area contributed by atoms with Crippen molar-refractivity contribution < 1.29 is 14.0 Å². The van der Waals surface area contributed by atoms with E-state index in [9.17, 15) is 14.0 Å². The zero-order valence-corrected chi connectivity index (χ0v) is 16.0. The van der Waals surface area contributed by atoms with E-state index in [1.54, 1.807) is 18.2 Å². The largest absolute Gasteiger partial charge is 0.388 e. The highest BCUT2D eigenvalue weighted by molar-refractivity contribution is 6.24. The normalized spacial score (nSPS) is 11.1. The number of benzene rings is 2. The van der Waals surface area contributed by atoms with Crippen molar-refractivity contribution in [1.82, 2.24) is 5.32 Å². The Kier molecular flexibility index (Phi) is 8.21. The number of anilines is 1. The number of carbonyl (C=O) groups is 2. The summed E-state index contributed by atoms with van der Waals surface area (Å²) in [5.41, 5.74) is 8.07. The molecule has 6 heteroatoms. The SMILES string of the molecule is CNc1ccc(/C=C(\C(=O)NCCCCCC(N)=O)c2ccc(F)cc2)cc1. The molecule has 0 aromatic heterocycles. The highest BCUT2D eigenvalue weighted by Gasteiger charge is 2.12. The molecule has 2 aromatic rings. The number of unbranched alkanes of at least 4 members (excludes halogenated alkanes) is 2. The topological polar surface area (TPSA) is 84.2 Å². The van der Waals surface area contributed by atoms with Crippen molar-refractivity contribution in [3.63, 3.8) is 0 Å². The van der Waals surface area contributed by atoms with Crippen LogP contribution in [0.4, 0.5) is 10.1 Å². The zero-order chi connectivity index (χ0) is 20.4. The predicted octanol–water partition coefficient (Wildman–Crippen LogP) is 3.57. The molecule has 0 fully saturated rings. The van der Waals surface area contributed by atoms with Crippen molar-refractivity contribution in [1.29, 1.82) is 0 Å². The fourth-order valence-electron chi connectivity index (χ4n) is 2.72. The Morgan fingerprint density at radius 3 is 2.29 bits per heavy atom. The molecule has 2 aromatic carbocycles. The molecule has 148 valence electrons. The zero-order valence-electron chi connectivity index (χ0n) is 16.0. The second kappa shape index (κ2) is 10.9. The molecule has 0 aliphatic rings. The number of halogens is 1. The van der Waals surface area contributed by atoms with Crippen LogP contribution in [-0.2, 0) is 9.59 Å². The smallest absolute Gasteiger partial charge is 0.251 e. The minimum atomic E-state index is -0.351.